The second-order valence-electron chi connectivity index (χ2n) is 6.16. The molecule has 2 aromatic carbocycles. The zero-order chi connectivity index (χ0) is 19.3. The molecule has 1 heterocycles. The first kappa shape index (κ1) is 16.8. The first-order valence-electron chi connectivity index (χ1n) is 8.25. The molecule has 3 aromatic rings. The van der Waals surface area contributed by atoms with Gasteiger partial charge in [-0.3, -0.25) is 9.59 Å². The van der Waals surface area contributed by atoms with Crippen molar-refractivity contribution in [2.45, 2.75) is 0 Å². The Balaban J connectivity index is 2.18. The number of nitrogen functional groups attached to an aromatic ring is 1. The maximum absolute atomic E-state index is 13.2. The van der Waals surface area contributed by atoms with Crippen molar-refractivity contribution < 1.29 is 19.1 Å². The van der Waals surface area contributed by atoms with Gasteiger partial charge in [0.25, 0.3) is 0 Å². The molecule has 0 amide bonds. The summed E-state index contributed by atoms with van der Waals surface area (Å²) in [6, 6.07) is 10.9. The van der Waals surface area contributed by atoms with E-state index >= 15 is 0 Å². The van der Waals surface area contributed by atoms with Crippen molar-refractivity contribution in [2.24, 2.45) is 7.05 Å². The topological polar surface area (TPSA) is 96.4 Å². The van der Waals surface area contributed by atoms with Crippen LogP contribution in [0.25, 0.3) is 22.2 Å². The SMILES string of the molecule is COC1=C(OC)C(=O)c2c(cc3c(nc(N)n3C)c2-c2ccccc2)C1=O. The van der Waals surface area contributed by atoms with Crippen LogP contribution in [0.4, 0.5) is 5.95 Å². The van der Waals surface area contributed by atoms with E-state index in [9.17, 15) is 9.59 Å². The lowest BCUT2D eigenvalue weighted by atomic mass is 9.85. The Morgan fingerprint density at radius 1 is 0.963 bits per heavy atom. The molecule has 0 radical (unpaired) electrons. The number of carbonyl (C=O) groups excluding carboxylic acids is 2. The maximum Gasteiger partial charge on any atom is 0.233 e. The van der Waals surface area contributed by atoms with Crippen LogP contribution < -0.4 is 5.73 Å². The quantitative estimate of drug-likeness (QED) is 0.768. The molecule has 2 N–H and O–H groups in total. The zero-order valence-corrected chi connectivity index (χ0v) is 15.1. The van der Waals surface area contributed by atoms with Crippen LogP contribution in [-0.2, 0) is 16.5 Å². The fourth-order valence-corrected chi connectivity index (χ4v) is 3.45. The fraction of sp³-hybridized carbons (Fsp3) is 0.150. The Morgan fingerprint density at radius 2 is 1.59 bits per heavy atom. The summed E-state index contributed by atoms with van der Waals surface area (Å²) in [4.78, 5) is 30.7. The minimum absolute atomic E-state index is 0.108. The highest BCUT2D eigenvalue weighted by Crippen LogP contribution is 2.39. The number of ketones is 2. The number of rotatable bonds is 3. The van der Waals surface area contributed by atoms with E-state index in [1.807, 2.05) is 30.3 Å². The highest BCUT2D eigenvalue weighted by Gasteiger charge is 2.38. The molecule has 27 heavy (non-hydrogen) atoms. The van der Waals surface area contributed by atoms with Gasteiger partial charge in [0, 0.05) is 23.7 Å². The molecule has 0 aliphatic heterocycles. The molecule has 0 saturated carbocycles. The normalized spacial score (nSPS) is 13.9. The number of nitrogens with two attached hydrogens (primary N) is 1. The number of ether oxygens (including phenoxy) is 2. The van der Waals surface area contributed by atoms with Gasteiger partial charge in [-0.05, 0) is 11.6 Å². The van der Waals surface area contributed by atoms with Gasteiger partial charge in [-0.25, -0.2) is 4.98 Å². The summed E-state index contributed by atoms with van der Waals surface area (Å²) >= 11 is 0. The van der Waals surface area contributed by atoms with Crippen molar-refractivity contribution in [3.8, 4) is 11.1 Å². The third-order valence-corrected chi connectivity index (χ3v) is 4.77. The number of hydrogen-bond donors (Lipinski definition) is 1. The number of benzene rings is 2. The van der Waals surface area contributed by atoms with Crippen molar-refractivity contribution in [1.29, 1.82) is 0 Å². The van der Waals surface area contributed by atoms with Crippen LogP contribution in [0, 0.1) is 0 Å². The van der Waals surface area contributed by atoms with E-state index in [2.05, 4.69) is 4.98 Å². The minimum atomic E-state index is -0.422. The monoisotopic (exact) mass is 363 g/mol. The molecule has 0 atom stereocenters. The average Bonchev–Trinajstić information content (AvgIpc) is 2.97. The molecule has 0 bridgehead atoms. The van der Waals surface area contributed by atoms with Crippen molar-refractivity contribution >= 4 is 28.5 Å². The molecule has 0 spiro atoms. The standard InChI is InChI=1S/C20H17N3O4/c1-23-12-9-11-14(17(25)19(27-3)18(26-2)16(11)24)13(15(12)22-20(23)21)10-7-5-4-6-8-10/h4-9H,1-3H3,(H2,21,22). The molecule has 7 nitrogen and oxygen atoms in total. The van der Waals surface area contributed by atoms with E-state index in [4.69, 9.17) is 15.2 Å². The lowest BCUT2D eigenvalue weighted by Crippen LogP contribution is -2.25. The molecular weight excluding hydrogens is 346 g/mol. The predicted molar refractivity (Wildman–Crippen MR) is 100 cm³/mol. The lowest BCUT2D eigenvalue weighted by molar-refractivity contribution is 0.0830. The summed E-state index contributed by atoms with van der Waals surface area (Å²) in [6.07, 6.45) is 0. The Hall–Kier alpha value is -3.61. The number of hydrogen-bond acceptors (Lipinski definition) is 6. The molecule has 136 valence electrons. The number of nitrogens with zero attached hydrogens (tertiary/aromatic N) is 2. The maximum atomic E-state index is 13.2. The molecule has 0 saturated heterocycles. The largest absolute Gasteiger partial charge is 0.489 e. The molecule has 0 unspecified atom stereocenters. The first-order valence-corrected chi connectivity index (χ1v) is 8.25. The molecule has 7 heteroatoms. The Labute approximate surface area is 155 Å². The number of carbonyl (C=O) groups is 2. The van der Waals surface area contributed by atoms with Gasteiger partial charge in [0.2, 0.25) is 29.0 Å². The third-order valence-electron chi connectivity index (χ3n) is 4.77. The molecule has 0 fully saturated rings. The molecule has 1 aliphatic carbocycles. The van der Waals surface area contributed by atoms with Gasteiger partial charge in [-0.1, -0.05) is 30.3 Å². The molecule has 1 aliphatic rings. The zero-order valence-electron chi connectivity index (χ0n) is 15.1. The molecule has 4 rings (SSSR count). The van der Waals surface area contributed by atoms with Crippen LogP contribution in [0.1, 0.15) is 20.7 Å². The van der Waals surface area contributed by atoms with Gasteiger partial charge < -0.3 is 19.8 Å². The summed E-state index contributed by atoms with van der Waals surface area (Å²) in [5.74, 6) is -0.771. The summed E-state index contributed by atoms with van der Waals surface area (Å²) in [6.45, 7) is 0. The molecule has 1 aromatic heterocycles. The van der Waals surface area contributed by atoms with E-state index in [1.165, 1.54) is 14.2 Å². The van der Waals surface area contributed by atoms with Crippen molar-refractivity contribution in [3.63, 3.8) is 0 Å². The predicted octanol–water partition coefficient (Wildman–Crippen LogP) is 2.71. The van der Waals surface area contributed by atoms with E-state index in [-0.39, 0.29) is 28.6 Å². The van der Waals surface area contributed by atoms with E-state index < -0.39 is 11.6 Å². The average molecular weight is 363 g/mol. The van der Waals surface area contributed by atoms with Gasteiger partial charge in [-0.15, -0.1) is 0 Å². The van der Waals surface area contributed by atoms with E-state index in [0.29, 0.717) is 16.6 Å². The Bertz CT molecular complexity index is 1140. The van der Waals surface area contributed by atoms with Gasteiger partial charge in [0.15, 0.2) is 0 Å². The number of methoxy groups -OCH3 is 2. The lowest BCUT2D eigenvalue weighted by Gasteiger charge is -2.22. The van der Waals surface area contributed by atoms with Crippen LogP contribution in [0.2, 0.25) is 0 Å². The number of Topliss-reactive ketones (excluding diaryl/α,β-unsaturated/α-hetero) is 2. The van der Waals surface area contributed by atoms with Gasteiger partial charge in [-0.2, -0.15) is 0 Å². The smallest absolute Gasteiger partial charge is 0.233 e. The number of imidazole rings is 1. The third kappa shape index (κ3) is 2.25. The number of fused-ring (bicyclic) bond motifs is 2. The second-order valence-corrected chi connectivity index (χ2v) is 6.16. The van der Waals surface area contributed by atoms with Crippen molar-refractivity contribution in [3.05, 3.63) is 59.0 Å². The summed E-state index contributed by atoms with van der Waals surface area (Å²) < 4.78 is 12.0. The summed E-state index contributed by atoms with van der Waals surface area (Å²) in [7, 11) is 4.43. The number of aryl methyl sites for hydroxylation is 1. The molecular formula is C20H17N3O4. The first-order chi connectivity index (χ1) is 13.0. The minimum Gasteiger partial charge on any atom is -0.489 e. The van der Waals surface area contributed by atoms with Crippen LogP contribution in [-0.4, -0.2) is 35.3 Å². The second kappa shape index (κ2) is 5.98. The number of aromatic nitrogens is 2. The highest BCUT2D eigenvalue weighted by molar-refractivity contribution is 6.29. The van der Waals surface area contributed by atoms with E-state index in [1.54, 1.807) is 17.7 Å². The highest BCUT2D eigenvalue weighted by atomic mass is 16.5. The Morgan fingerprint density at radius 3 is 2.22 bits per heavy atom. The fourth-order valence-electron chi connectivity index (χ4n) is 3.45. The van der Waals surface area contributed by atoms with Crippen molar-refractivity contribution in [2.75, 3.05) is 20.0 Å². The van der Waals surface area contributed by atoms with Gasteiger partial charge in [0.1, 0.15) is 0 Å². The van der Waals surface area contributed by atoms with Crippen LogP contribution in [0.5, 0.6) is 0 Å². The van der Waals surface area contributed by atoms with E-state index in [0.717, 1.165) is 5.56 Å². The number of allylic oxidation sites excluding steroid dienone is 2. The summed E-state index contributed by atoms with van der Waals surface area (Å²) in [5.41, 5.74) is 9.01. The van der Waals surface area contributed by atoms with Gasteiger partial charge >= 0.3 is 0 Å². The van der Waals surface area contributed by atoms with Crippen LogP contribution in [0.3, 0.4) is 0 Å². The van der Waals surface area contributed by atoms with Crippen LogP contribution >= 0.6 is 0 Å². The number of anilines is 1. The van der Waals surface area contributed by atoms with Crippen molar-refractivity contribution in [1.82, 2.24) is 9.55 Å². The van der Waals surface area contributed by atoms with Gasteiger partial charge in [0.05, 0.1) is 25.3 Å². The van der Waals surface area contributed by atoms with Crippen LogP contribution in [0.15, 0.2) is 47.9 Å². The Kier molecular flexibility index (Phi) is 3.73. The summed E-state index contributed by atoms with van der Waals surface area (Å²) in [5, 5.41) is 0.